The number of aliphatic hydroxyl groups is 1. The van der Waals surface area contributed by atoms with Crippen molar-refractivity contribution < 1.29 is 14.7 Å². The highest BCUT2D eigenvalue weighted by molar-refractivity contribution is 5.76. The third kappa shape index (κ3) is 37.9. The number of rotatable bonds is 50. The van der Waals surface area contributed by atoms with Crippen LogP contribution in [0.2, 0.25) is 0 Å². The first kappa shape index (κ1) is 60.8. The Bertz CT molecular complexity index is 958. The SMILES string of the molecule is CCCCCCCCC(CCCCCCCC)CNC(=O)CCCCCN(CCO)CCN(CCCCCC(=O)NCC(CCCCCCCC)CCCCCCCC)C1CCCC1. The molecule has 0 aromatic heterocycles. The minimum absolute atomic E-state index is 0.200. The number of hydrogen-bond donors (Lipinski definition) is 3. The van der Waals surface area contributed by atoms with Crippen molar-refractivity contribution in [3.63, 3.8) is 0 Å². The number of carbonyl (C=O) groups excluding carboxylic acids is 2. The van der Waals surface area contributed by atoms with Crippen molar-refractivity contribution in [2.45, 2.75) is 291 Å². The summed E-state index contributed by atoms with van der Waals surface area (Å²) in [5.74, 6) is 1.77. The molecule has 0 bridgehead atoms. The van der Waals surface area contributed by atoms with Gasteiger partial charge in [-0.3, -0.25) is 19.4 Å². The lowest BCUT2D eigenvalue weighted by Gasteiger charge is -2.32. The smallest absolute Gasteiger partial charge is 0.220 e. The molecular formula is C57H114N4O3. The summed E-state index contributed by atoms with van der Waals surface area (Å²) in [7, 11) is 0. The van der Waals surface area contributed by atoms with E-state index in [0.29, 0.717) is 30.7 Å². The average molecular weight is 904 g/mol. The van der Waals surface area contributed by atoms with Crippen LogP contribution in [0.15, 0.2) is 0 Å². The van der Waals surface area contributed by atoms with Crippen LogP contribution in [-0.4, -0.2) is 85.2 Å². The van der Waals surface area contributed by atoms with Gasteiger partial charge in [0.1, 0.15) is 0 Å². The summed E-state index contributed by atoms with van der Waals surface area (Å²) in [4.78, 5) is 31.1. The molecule has 380 valence electrons. The fourth-order valence-corrected chi connectivity index (χ4v) is 10.3. The highest BCUT2D eigenvalue weighted by Gasteiger charge is 2.23. The number of hydrogen-bond acceptors (Lipinski definition) is 5. The molecule has 7 nitrogen and oxygen atoms in total. The number of nitrogens with zero attached hydrogens (tertiary/aromatic N) is 2. The van der Waals surface area contributed by atoms with Crippen molar-refractivity contribution >= 4 is 11.8 Å². The number of carbonyl (C=O) groups is 2. The van der Waals surface area contributed by atoms with Crippen LogP contribution in [-0.2, 0) is 9.59 Å². The molecule has 0 saturated heterocycles. The molecule has 2 amide bonds. The molecule has 0 heterocycles. The van der Waals surface area contributed by atoms with Gasteiger partial charge in [0.25, 0.3) is 0 Å². The second-order valence-electron chi connectivity index (χ2n) is 20.7. The second kappa shape index (κ2) is 46.9. The van der Waals surface area contributed by atoms with E-state index >= 15 is 0 Å². The van der Waals surface area contributed by atoms with E-state index in [9.17, 15) is 14.7 Å². The zero-order valence-electron chi connectivity index (χ0n) is 43.8. The van der Waals surface area contributed by atoms with E-state index < -0.39 is 0 Å². The van der Waals surface area contributed by atoms with Crippen molar-refractivity contribution in [3.8, 4) is 0 Å². The molecule has 1 saturated carbocycles. The molecule has 0 aromatic rings. The minimum atomic E-state index is 0.200. The molecule has 1 aliphatic rings. The molecule has 7 heteroatoms. The van der Waals surface area contributed by atoms with Crippen molar-refractivity contribution in [3.05, 3.63) is 0 Å². The van der Waals surface area contributed by atoms with E-state index in [0.717, 1.165) is 84.3 Å². The van der Waals surface area contributed by atoms with Crippen LogP contribution < -0.4 is 10.6 Å². The summed E-state index contributed by atoms with van der Waals surface area (Å²) < 4.78 is 0. The summed E-state index contributed by atoms with van der Waals surface area (Å²) >= 11 is 0. The predicted molar refractivity (Wildman–Crippen MR) is 279 cm³/mol. The molecular weight excluding hydrogens is 789 g/mol. The lowest BCUT2D eigenvalue weighted by atomic mass is 9.94. The van der Waals surface area contributed by atoms with Gasteiger partial charge in [0.05, 0.1) is 6.61 Å². The van der Waals surface area contributed by atoms with Crippen molar-refractivity contribution in [1.82, 2.24) is 20.4 Å². The Hall–Kier alpha value is -1.18. The fraction of sp³-hybridized carbons (Fsp3) is 0.965. The predicted octanol–water partition coefficient (Wildman–Crippen LogP) is 15.1. The molecule has 3 N–H and O–H groups in total. The fourth-order valence-electron chi connectivity index (χ4n) is 10.3. The first-order chi connectivity index (χ1) is 31.5. The van der Waals surface area contributed by atoms with Crippen LogP contribution in [0, 0.1) is 11.8 Å². The molecule has 0 aliphatic heterocycles. The molecule has 1 fully saturated rings. The van der Waals surface area contributed by atoms with E-state index in [2.05, 4.69) is 48.1 Å². The molecule has 0 aromatic carbocycles. The summed E-state index contributed by atoms with van der Waals surface area (Å²) in [5, 5.41) is 16.6. The molecule has 64 heavy (non-hydrogen) atoms. The molecule has 0 atom stereocenters. The zero-order chi connectivity index (χ0) is 46.4. The van der Waals surface area contributed by atoms with Crippen LogP contribution in [0.1, 0.15) is 285 Å². The van der Waals surface area contributed by atoms with Gasteiger partial charge in [-0.2, -0.15) is 0 Å². The minimum Gasteiger partial charge on any atom is -0.395 e. The first-order valence-corrected chi connectivity index (χ1v) is 29.1. The number of nitrogens with one attached hydrogen (secondary N) is 2. The summed E-state index contributed by atoms with van der Waals surface area (Å²) in [6.07, 6.45) is 50.2. The Kier molecular flexibility index (Phi) is 44.6. The third-order valence-electron chi connectivity index (χ3n) is 14.7. The normalized spacial score (nSPS) is 13.4. The van der Waals surface area contributed by atoms with Crippen LogP contribution in [0.4, 0.5) is 0 Å². The maximum Gasteiger partial charge on any atom is 0.220 e. The van der Waals surface area contributed by atoms with Crippen LogP contribution in [0.5, 0.6) is 0 Å². The largest absolute Gasteiger partial charge is 0.395 e. The second-order valence-corrected chi connectivity index (χ2v) is 20.7. The molecule has 0 spiro atoms. The van der Waals surface area contributed by atoms with Gasteiger partial charge in [0.2, 0.25) is 11.8 Å². The van der Waals surface area contributed by atoms with Crippen molar-refractivity contribution in [2.75, 3.05) is 52.4 Å². The first-order valence-electron chi connectivity index (χ1n) is 29.1. The van der Waals surface area contributed by atoms with E-state index in [4.69, 9.17) is 0 Å². The summed E-state index contributed by atoms with van der Waals surface area (Å²) in [5.41, 5.74) is 0. The number of aliphatic hydroxyl groups excluding tert-OH is 1. The standard InChI is InChI=1S/C57H114N4O3/c1-5-9-13-17-21-27-37-53(38-28-22-18-14-10-6-2)51-58-56(63)43-31-25-35-45-60(49-50-62)47-48-61(55-41-33-34-42-55)46-36-26-32-44-57(64)59-52-54(39-29-23-19-15-11-7-3)40-30-24-20-16-12-8-4/h53-55,62H,5-52H2,1-4H3,(H,58,63)(H,59,64). The Balaban J connectivity index is 2.41. The topological polar surface area (TPSA) is 84.9 Å². The summed E-state index contributed by atoms with van der Waals surface area (Å²) in [6, 6.07) is 0.684. The van der Waals surface area contributed by atoms with Gasteiger partial charge in [-0.25, -0.2) is 0 Å². The number of unbranched alkanes of at least 4 members (excludes halogenated alkanes) is 24. The lowest BCUT2D eigenvalue weighted by molar-refractivity contribution is -0.122. The van der Waals surface area contributed by atoms with E-state index in [1.54, 1.807) is 0 Å². The van der Waals surface area contributed by atoms with E-state index in [-0.39, 0.29) is 18.4 Å². The highest BCUT2D eigenvalue weighted by atomic mass is 16.3. The average Bonchev–Trinajstić information content (AvgIpc) is 3.84. The van der Waals surface area contributed by atoms with Gasteiger partial charge in [0.15, 0.2) is 0 Å². The van der Waals surface area contributed by atoms with Gasteiger partial charge in [-0.1, -0.05) is 207 Å². The Morgan fingerprint density at radius 2 is 0.797 bits per heavy atom. The molecule has 1 aliphatic carbocycles. The quantitative estimate of drug-likeness (QED) is 0.0530. The summed E-state index contributed by atoms with van der Waals surface area (Å²) in [6.45, 7) is 16.0. The molecule has 0 unspecified atom stereocenters. The molecule has 1 rings (SSSR count). The Labute approximate surface area is 400 Å². The van der Waals surface area contributed by atoms with Crippen molar-refractivity contribution in [2.24, 2.45) is 11.8 Å². The maximum atomic E-state index is 13.0. The zero-order valence-corrected chi connectivity index (χ0v) is 43.8. The third-order valence-corrected chi connectivity index (χ3v) is 14.7. The Morgan fingerprint density at radius 1 is 0.438 bits per heavy atom. The maximum absolute atomic E-state index is 13.0. The van der Waals surface area contributed by atoms with Crippen LogP contribution in [0.3, 0.4) is 0 Å². The lowest BCUT2D eigenvalue weighted by Crippen LogP contribution is -2.41. The molecule has 0 radical (unpaired) electrons. The number of amides is 2. The van der Waals surface area contributed by atoms with E-state index in [1.165, 1.54) is 205 Å². The van der Waals surface area contributed by atoms with Gasteiger partial charge in [-0.05, 0) is 89.1 Å². The van der Waals surface area contributed by atoms with Crippen molar-refractivity contribution in [1.29, 1.82) is 0 Å². The van der Waals surface area contributed by atoms with Gasteiger partial charge in [0, 0.05) is 51.6 Å². The van der Waals surface area contributed by atoms with Gasteiger partial charge < -0.3 is 15.7 Å². The highest BCUT2D eigenvalue weighted by Crippen LogP contribution is 2.25. The van der Waals surface area contributed by atoms with E-state index in [1.807, 2.05) is 0 Å². The van der Waals surface area contributed by atoms with Gasteiger partial charge >= 0.3 is 0 Å². The van der Waals surface area contributed by atoms with Crippen LogP contribution in [0.25, 0.3) is 0 Å². The van der Waals surface area contributed by atoms with Gasteiger partial charge in [-0.15, -0.1) is 0 Å². The van der Waals surface area contributed by atoms with Crippen LogP contribution >= 0.6 is 0 Å². The Morgan fingerprint density at radius 3 is 1.19 bits per heavy atom. The monoisotopic (exact) mass is 903 g/mol.